The summed E-state index contributed by atoms with van der Waals surface area (Å²) in [4.78, 5) is 0.129. The van der Waals surface area contributed by atoms with Crippen LogP contribution in [0.1, 0.15) is 25.0 Å². The van der Waals surface area contributed by atoms with E-state index in [1.165, 1.54) is 29.6 Å². The van der Waals surface area contributed by atoms with Crippen molar-refractivity contribution in [1.29, 1.82) is 0 Å². The lowest BCUT2D eigenvalue weighted by Crippen LogP contribution is -2.47. The van der Waals surface area contributed by atoms with E-state index in [0.29, 0.717) is 23.4 Å². The number of methoxy groups -OCH3 is 1. The Morgan fingerprint density at radius 3 is 2.25 bits per heavy atom. The Morgan fingerprint density at radius 1 is 0.972 bits per heavy atom. The van der Waals surface area contributed by atoms with E-state index < -0.39 is 22.2 Å². The van der Waals surface area contributed by atoms with Crippen molar-refractivity contribution in [3.8, 4) is 5.75 Å². The number of aliphatic hydroxyl groups excluding tert-OH is 1. The van der Waals surface area contributed by atoms with Crippen molar-refractivity contribution in [2.75, 3.05) is 25.5 Å². The lowest BCUT2D eigenvalue weighted by molar-refractivity contribution is 0.122. The molecule has 0 aliphatic heterocycles. The lowest BCUT2D eigenvalue weighted by atomic mass is 10.00. The predicted octanol–water partition coefficient (Wildman–Crippen LogP) is 4.87. The van der Waals surface area contributed by atoms with Crippen LogP contribution < -0.4 is 10.1 Å². The predicted molar refractivity (Wildman–Crippen MR) is 141 cm³/mol. The molecule has 0 bridgehead atoms. The number of halogens is 1. The van der Waals surface area contributed by atoms with Gasteiger partial charge in [-0.15, -0.1) is 0 Å². The molecule has 6 nitrogen and oxygen atoms in total. The minimum absolute atomic E-state index is 0.0382. The first-order valence-electron chi connectivity index (χ1n) is 12.0. The highest BCUT2D eigenvalue weighted by atomic mass is 32.2. The molecule has 0 aliphatic carbocycles. The van der Waals surface area contributed by atoms with Crippen LogP contribution in [0.5, 0.6) is 5.75 Å². The summed E-state index contributed by atoms with van der Waals surface area (Å²) in [6, 6.07) is 20.0. The van der Waals surface area contributed by atoms with E-state index in [1.54, 1.807) is 31.2 Å². The summed E-state index contributed by atoms with van der Waals surface area (Å²) in [7, 11) is -2.36. The maximum Gasteiger partial charge on any atom is 0.243 e. The Kier molecular flexibility index (Phi) is 9.48. The molecule has 0 aliphatic rings. The number of nitrogens with zero attached hydrogens (tertiary/aromatic N) is 1. The highest BCUT2D eigenvalue weighted by molar-refractivity contribution is 7.89. The van der Waals surface area contributed by atoms with E-state index >= 15 is 0 Å². The topological polar surface area (TPSA) is 78.9 Å². The van der Waals surface area contributed by atoms with Gasteiger partial charge in [0.2, 0.25) is 10.0 Å². The van der Waals surface area contributed by atoms with Gasteiger partial charge < -0.3 is 15.2 Å². The molecule has 0 amide bonds. The van der Waals surface area contributed by atoms with E-state index in [0.717, 1.165) is 5.56 Å². The third-order valence-electron chi connectivity index (χ3n) is 6.03. The minimum Gasteiger partial charge on any atom is -0.497 e. The van der Waals surface area contributed by atoms with Crippen molar-refractivity contribution < 1.29 is 22.7 Å². The number of nitrogens with one attached hydrogen (secondary N) is 1. The number of sulfonamides is 1. The Morgan fingerprint density at radius 2 is 1.64 bits per heavy atom. The molecule has 8 heteroatoms. The Hall–Kier alpha value is -2.94. The number of benzene rings is 3. The van der Waals surface area contributed by atoms with Gasteiger partial charge in [0.05, 0.1) is 24.2 Å². The number of ether oxygens (including phenoxy) is 1. The van der Waals surface area contributed by atoms with Gasteiger partial charge >= 0.3 is 0 Å². The summed E-state index contributed by atoms with van der Waals surface area (Å²) in [6.45, 7) is 5.65. The standard InChI is InChI=1S/C28H35FN2O4S/c1-20(2)18-31(36(33,34)24-15-13-23(35-4)14-16-24)19-28(32)27(17-22-9-6-5-7-10-22)30-26-12-8-11-25(29)21(26)3/h5-16,20,27-28,30,32H,17-19H2,1-4H3/t27-,28+/m0/s1. The molecule has 3 aromatic carbocycles. The highest BCUT2D eigenvalue weighted by Gasteiger charge is 2.31. The molecule has 0 heterocycles. The summed E-state index contributed by atoms with van der Waals surface area (Å²) < 4.78 is 47.8. The summed E-state index contributed by atoms with van der Waals surface area (Å²) in [5.41, 5.74) is 1.97. The zero-order valence-corrected chi connectivity index (χ0v) is 22.0. The molecule has 2 atom stereocenters. The van der Waals surface area contributed by atoms with E-state index in [1.807, 2.05) is 44.2 Å². The Bertz CT molecular complexity index is 1220. The monoisotopic (exact) mass is 514 g/mol. The third kappa shape index (κ3) is 7.06. The summed E-state index contributed by atoms with van der Waals surface area (Å²) in [6.07, 6.45) is -0.643. The van der Waals surface area contributed by atoms with Crippen molar-refractivity contribution in [2.45, 2.75) is 44.2 Å². The van der Waals surface area contributed by atoms with Crippen LogP contribution in [0.15, 0.2) is 77.7 Å². The average Bonchev–Trinajstić information content (AvgIpc) is 2.86. The van der Waals surface area contributed by atoms with Gasteiger partial charge in [-0.05, 0) is 61.2 Å². The molecule has 0 saturated carbocycles. The van der Waals surface area contributed by atoms with Gasteiger partial charge in [-0.3, -0.25) is 0 Å². The van der Waals surface area contributed by atoms with Crippen molar-refractivity contribution in [3.63, 3.8) is 0 Å². The molecular formula is C28H35FN2O4S. The van der Waals surface area contributed by atoms with Crippen LogP contribution in [-0.4, -0.2) is 50.2 Å². The number of aliphatic hydroxyl groups is 1. The normalized spacial score (nSPS) is 13.6. The molecule has 3 rings (SSSR count). The second-order valence-electron chi connectivity index (χ2n) is 9.31. The fraction of sp³-hybridized carbons (Fsp3) is 0.357. The molecule has 0 saturated heterocycles. The molecule has 0 radical (unpaired) electrons. The molecule has 3 aromatic rings. The fourth-order valence-corrected chi connectivity index (χ4v) is 5.65. The Balaban J connectivity index is 1.91. The average molecular weight is 515 g/mol. The molecule has 2 N–H and O–H groups in total. The largest absolute Gasteiger partial charge is 0.497 e. The van der Waals surface area contributed by atoms with E-state index in [9.17, 15) is 17.9 Å². The van der Waals surface area contributed by atoms with Crippen LogP contribution in [0, 0.1) is 18.7 Å². The SMILES string of the molecule is COc1ccc(S(=O)(=O)N(CC(C)C)C[C@@H](O)[C@H](Cc2ccccc2)Nc2cccc(F)c2C)cc1. The molecular weight excluding hydrogens is 479 g/mol. The van der Waals surface area contributed by atoms with Crippen LogP contribution in [0.3, 0.4) is 0 Å². The maximum atomic E-state index is 14.2. The first-order valence-corrected chi connectivity index (χ1v) is 13.4. The molecule has 36 heavy (non-hydrogen) atoms. The zero-order chi connectivity index (χ0) is 26.3. The van der Waals surface area contributed by atoms with Crippen molar-refractivity contribution in [3.05, 3.63) is 89.7 Å². The number of hydrogen-bond acceptors (Lipinski definition) is 5. The van der Waals surface area contributed by atoms with Crippen molar-refractivity contribution in [1.82, 2.24) is 4.31 Å². The van der Waals surface area contributed by atoms with Crippen molar-refractivity contribution in [2.24, 2.45) is 5.92 Å². The second kappa shape index (κ2) is 12.3. The molecule has 0 unspecified atom stereocenters. The summed E-state index contributed by atoms with van der Waals surface area (Å²) in [5.74, 6) is 0.245. The summed E-state index contributed by atoms with van der Waals surface area (Å²) in [5, 5.41) is 14.7. The van der Waals surface area contributed by atoms with Gasteiger partial charge in [0.15, 0.2) is 0 Å². The van der Waals surface area contributed by atoms with Gasteiger partial charge in [-0.25, -0.2) is 12.8 Å². The minimum atomic E-state index is -3.88. The van der Waals surface area contributed by atoms with Crippen LogP contribution in [0.25, 0.3) is 0 Å². The first kappa shape index (κ1) is 27.6. The second-order valence-corrected chi connectivity index (χ2v) is 11.2. The molecule has 0 fully saturated rings. The number of rotatable bonds is 12. The lowest BCUT2D eigenvalue weighted by Gasteiger charge is -2.31. The van der Waals surface area contributed by atoms with Gasteiger partial charge in [-0.1, -0.05) is 50.2 Å². The fourth-order valence-electron chi connectivity index (χ4n) is 4.03. The highest BCUT2D eigenvalue weighted by Crippen LogP contribution is 2.24. The Labute approximate surface area is 213 Å². The molecule has 0 spiro atoms. The number of hydrogen-bond donors (Lipinski definition) is 2. The van der Waals surface area contributed by atoms with Gasteiger partial charge in [0.25, 0.3) is 0 Å². The number of anilines is 1. The smallest absolute Gasteiger partial charge is 0.243 e. The zero-order valence-electron chi connectivity index (χ0n) is 21.2. The van der Waals surface area contributed by atoms with Crippen molar-refractivity contribution >= 4 is 15.7 Å². The van der Waals surface area contributed by atoms with Crippen LogP contribution in [0.2, 0.25) is 0 Å². The van der Waals surface area contributed by atoms with E-state index in [4.69, 9.17) is 4.74 Å². The van der Waals surface area contributed by atoms with Gasteiger partial charge in [-0.2, -0.15) is 4.31 Å². The third-order valence-corrected chi connectivity index (χ3v) is 7.87. The first-order chi connectivity index (χ1) is 17.1. The van der Waals surface area contributed by atoms with Gasteiger partial charge in [0.1, 0.15) is 11.6 Å². The van der Waals surface area contributed by atoms with Gasteiger partial charge in [0, 0.05) is 24.3 Å². The molecule has 194 valence electrons. The van der Waals surface area contributed by atoms with Crippen LogP contribution in [0.4, 0.5) is 10.1 Å². The van der Waals surface area contributed by atoms with Crippen LogP contribution in [-0.2, 0) is 16.4 Å². The van der Waals surface area contributed by atoms with Crippen LogP contribution >= 0.6 is 0 Å². The quantitative estimate of drug-likeness (QED) is 0.360. The van der Waals surface area contributed by atoms with E-state index in [2.05, 4.69) is 5.32 Å². The maximum absolute atomic E-state index is 14.2. The van der Waals surface area contributed by atoms with E-state index in [-0.39, 0.29) is 29.7 Å². The molecule has 0 aromatic heterocycles. The summed E-state index contributed by atoms with van der Waals surface area (Å²) >= 11 is 0.